The van der Waals surface area contributed by atoms with Crippen LogP contribution in [0.25, 0.3) is 6.08 Å². The van der Waals surface area contributed by atoms with E-state index in [1.807, 2.05) is 13.8 Å². The van der Waals surface area contributed by atoms with Crippen LogP contribution in [0.4, 0.5) is 13.2 Å². The van der Waals surface area contributed by atoms with Gasteiger partial charge in [0.1, 0.15) is 5.75 Å². The maximum Gasteiger partial charge on any atom is 0.430 e. The molecular weight excluding hydrogens is 363 g/mol. The number of sulfonamides is 1. The Morgan fingerprint density at radius 3 is 2.52 bits per heavy atom. The van der Waals surface area contributed by atoms with E-state index in [0.29, 0.717) is 0 Å². The first kappa shape index (κ1) is 19.3. The van der Waals surface area contributed by atoms with Crippen molar-refractivity contribution in [2.75, 3.05) is 6.54 Å². The molecule has 2 N–H and O–H groups in total. The molecule has 1 heterocycles. The fraction of sp³-hybridized carbons (Fsp3) is 0.400. The van der Waals surface area contributed by atoms with Crippen molar-refractivity contribution in [2.45, 2.75) is 31.0 Å². The zero-order valence-electron chi connectivity index (χ0n) is 13.3. The smallest absolute Gasteiger partial charge is 0.430 e. The lowest BCUT2D eigenvalue weighted by atomic mass is 10.0. The van der Waals surface area contributed by atoms with E-state index in [0.717, 1.165) is 24.3 Å². The van der Waals surface area contributed by atoms with Crippen molar-refractivity contribution in [3.05, 3.63) is 29.3 Å². The van der Waals surface area contributed by atoms with E-state index in [9.17, 15) is 26.4 Å². The second-order valence-corrected chi connectivity index (χ2v) is 7.66. The van der Waals surface area contributed by atoms with Gasteiger partial charge in [-0.05, 0) is 30.2 Å². The summed E-state index contributed by atoms with van der Waals surface area (Å²) in [4.78, 5) is 10.9. The van der Waals surface area contributed by atoms with Gasteiger partial charge in [0.25, 0.3) is 0 Å². The largest absolute Gasteiger partial charge is 0.478 e. The summed E-state index contributed by atoms with van der Waals surface area (Å²) in [6.07, 6.45) is -6.74. The molecule has 0 fully saturated rings. The molecule has 2 rings (SSSR count). The molecule has 1 atom stereocenters. The number of carboxylic acid groups (broad SMARTS) is 1. The highest BCUT2D eigenvalue weighted by Crippen LogP contribution is 2.38. The maximum absolute atomic E-state index is 13.0. The van der Waals surface area contributed by atoms with Gasteiger partial charge in [0, 0.05) is 12.1 Å². The monoisotopic (exact) mass is 379 g/mol. The molecule has 0 saturated heterocycles. The number of rotatable bonds is 5. The lowest BCUT2D eigenvalue weighted by Gasteiger charge is -2.27. The number of ether oxygens (including phenoxy) is 1. The van der Waals surface area contributed by atoms with Crippen molar-refractivity contribution < 1.29 is 36.2 Å². The zero-order chi connectivity index (χ0) is 19.0. The first-order valence-electron chi connectivity index (χ1n) is 7.24. The molecule has 10 heteroatoms. The molecule has 0 saturated carbocycles. The number of fused-ring (bicyclic) bond motifs is 1. The summed E-state index contributed by atoms with van der Waals surface area (Å²) < 4.78 is 70.4. The quantitative estimate of drug-likeness (QED) is 0.820. The first-order chi connectivity index (χ1) is 11.4. The van der Waals surface area contributed by atoms with Crippen molar-refractivity contribution >= 4 is 22.1 Å². The molecule has 0 aromatic heterocycles. The van der Waals surface area contributed by atoms with Gasteiger partial charge < -0.3 is 9.84 Å². The molecule has 1 aromatic carbocycles. The summed E-state index contributed by atoms with van der Waals surface area (Å²) in [5, 5.41) is 8.99. The molecule has 6 nitrogen and oxygen atoms in total. The number of halogens is 3. The van der Waals surface area contributed by atoms with Gasteiger partial charge in [-0.3, -0.25) is 0 Å². The number of alkyl halides is 3. The topological polar surface area (TPSA) is 92.7 Å². The van der Waals surface area contributed by atoms with Gasteiger partial charge >= 0.3 is 12.1 Å². The number of carbonyl (C=O) groups is 1. The van der Waals surface area contributed by atoms with Gasteiger partial charge in [-0.25, -0.2) is 17.9 Å². The fourth-order valence-corrected chi connectivity index (χ4v) is 3.37. The molecule has 25 heavy (non-hydrogen) atoms. The van der Waals surface area contributed by atoms with Crippen LogP contribution in [-0.2, 0) is 14.8 Å². The predicted molar refractivity (Wildman–Crippen MR) is 82.6 cm³/mol. The van der Waals surface area contributed by atoms with Crippen LogP contribution in [-0.4, -0.2) is 38.3 Å². The Labute approximate surface area is 142 Å². The van der Waals surface area contributed by atoms with Crippen molar-refractivity contribution in [3.63, 3.8) is 0 Å². The normalized spacial score (nSPS) is 17.7. The van der Waals surface area contributed by atoms with Gasteiger partial charge in [-0.1, -0.05) is 13.8 Å². The Morgan fingerprint density at radius 2 is 2.00 bits per heavy atom. The molecule has 0 aliphatic carbocycles. The standard InChI is InChI=1S/C15H16F3NO5S/c1-8(2)7-19-25(22,23)10-3-4-12-9(5-10)6-11(14(20)21)13(24-12)15(16,17)18/h3-6,8,13,19H,7H2,1-2H3,(H,20,21). The average molecular weight is 379 g/mol. The fourth-order valence-electron chi connectivity index (χ4n) is 2.12. The van der Waals surface area contributed by atoms with E-state index in [1.165, 1.54) is 0 Å². The first-order valence-corrected chi connectivity index (χ1v) is 8.72. The van der Waals surface area contributed by atoms with E-state index < -0.39 is 33.8 Å². The SMILES string of the molecule is CC(C)CNS(=O)(=O)c1ccc2c(c1)C=C(C(=O)O)C(C(F)(F)F)O2. The molecule has 0 spiro atoms. The number of aliphatic carboxylic acids is 1. The Balaban J connectivity index is 2.44. The average Bonchev–Trinajstić information content (AvgIpc) is 2.50. The van der Waals surface area contributed by atoms with E-state index >= 15 is 0 Å². The molecule has 0 bridgehead atoms. The van der Waals surface area contributed by atoms with Crippen LogP contribution >= 0.6 is 0 Å². The molecule has 138 valence electrons. The zero-order valence-corrected chi connectivity index (χ0v) is 14.1. The van der Waals surface area contributed by atoms with E-state index in [-0.39, 0.29) is 28.7 Å². The predicted octanol–water partition coefficient (Wildman–Crippen LogP) is 2.41. The minimum atomic E-state index is -4.91. The van der Waals surface area contributed by atoms with E-state index in [1.54, 1.807) is 0 Å². The third-order valence-electron chi connectivity index (χ3n) is 3.36. The summed E-state index contributed by atoms with van der Waals surface area (Å²) in [7, 11) is -3.87. The third kappa shape index (κ3) is 4.31. The van der Waals surface area contributed by atoms with Crippen LogP contribution in [0.2, 0.25) is 0 Å². The van der Waals surface area contributed by atoms with Crippen LogP contribution < -0.4 is 9.46 Å². The number of carboxylic acids is 1. The van der Waals surface area contributed by atoms with Gasteiger partial charge in [0.15, 0.2) is 0 Å². The number of hydrogen-bond acceptors (Lipinski definition) is 4. The third-order valence-corrected chi connectivity index (χ3v) is 4.78. The van der Waals surface area contributed by atoms with Gasteiger partial charge in [0.05, 0.1) is 10.5 Å². The second-order valence-electron chi connectivity index (χ2n) is 5.89. The summed E-state index contributed by atoms with van der Waals surface area (Å²) in [5.41, 5.74) is -1.06. The Kier molecular flexibility index (Phi) is 5.14. The second kappa shape index (κ2) is 6.68. The van der Waals surface area contributed by atoms with Crippen LogP contribution in [0.5, 0.6) is 5.75 Å². The molecule has 1 aliphatic rings. The Morgan fingerprint density at radius 1 is 1.36 bits per heavy atom. The summed E-state index contributed by atoms with van der Waals surface area (Å²) >= 11 is 0. The molecule has 1 unspecified atom stereocenters. The number of benzene rings is 1. The van der Waals surface area contributed by atoms with Crippen LogP contribution in [0.1, 0.15) is 19.4 Å². The van der Waals surface area contributed by atoms with Crippen molar-refractivity contribution in [2.24, 2.45) is 5.92 Å². The highest BCUT2D eigenvalue weighted by atomic mass is 32.2. The van der Waals surface area contributed by atoms with Crippen molar-refractivity contribution in [1.29, 1.82) is 0 Å². The van der Waals surface area contributed by atoms with Crippen molar-refractivity contribution in [3.8, 4) is 5.75 Å². The number of nitrogens with one attached hydrogen (secondary N) is 1. The van der Waals surface area contributed by atoms with Crippen LogP contribution in [0.3, 0.4) is 0 Å². The molecule has 0 radical (unpaired) electrons. The Hall–Kier alpha value is -2.07. The van der Waals surface area contributed by atoms with Gasteiger partial charge in [0.2, 0.25) is 16.1 Å². The molecular formula is C15H16F3NO5S. The highest BCUT2D eigenvalue weighted by Gasteiger charge is 2.48. The molecule has 0 amide bonds. The van der Waals surface area contributed by atoms with Gasteiger partial charge in [-0.15, -0.1) is 0 Å². The van der Waals surface area contributed by atoms with E-state index in [2.05, 4.69) is 4.72 Å². The van der Waals surface area contributed by atoms with Crippen molar-refractivity contribution in [1.82, 2.24) is 4.72 Å². The van der Waals surface area contributed by atoms with Crippen LogP contribution in [0.15, 0.2) is 28.7 Å². The highest BCUT2D eigenvalue weighted by molar-refractivity contribution is 7.89. The minimum Gasteiger partial charge on any atom is -0.478 e. The summed E-state index contributed by atoms with van der Waals surface area (Å²) in [6, 6.07) is 3.26. The summed E-state index contributed by atoms with van der Waals surface area (Å²) in [5.74, 6) is -1.98. The lowest BCUT2D eigenvalue weighted by Crippen LogP contribution is -2.40. The summed E-state index contributed by atoms with van der Waals surface area (Å²) in [6.45, 7) is 3.80. The molecule has 1 aliphatic heterocycles. The van der Waals surface area contributed by atoms with Gasteiger partial charge in [-0.2, -0.15) is 13.2 Å². The Bertz CT molecular complexity index is 815. The van der Waals surface area contributed by atoms with E-state index in [4.69, 9.17) is 9.84 Å². The van der Waals surface area contributed by atoms with Crippen LogP contribution in [0, 0.1) is 5.92 Å². The lowest BCUT2D eigenvalue weighted by molar-refractivity contribution is -0.187. The number of hydrogen-bond donors (Lipinski definition) is 2. The maximum atomic E-state index is 13.0. The molecule has 1 aromatic rings. The minimum absolute atomic E-state index is 0.0506.